The average Bonchev–Trinajstić information content (AvgIpc) is 3.60. The molecule has 11 heteroatoms. The molecule has 44 heavy (non-hydrogen) atoms. The first kappa shape index (κ1) is 29.5. The van der Waals surface area contributed by atoms with Crippen LogP contribution in [0, 0.1) is 0 Å². The van der Waals surface area contributed by atoms with Gasteiger partial charge in [0.15, 0.2) is 27.8 Å². The summed E-state index contributed by atoms with van der Waals surface area (Å²) >= 11 is 7.54. The highest BCUT2D eigenvalue weighted by Crippen LogP contribution is 2.38. The summed E-state index contributed by atoms with van der Waals surface area (Å²) in [6.45, 7) is 6.38. The number of allylic oxidation sites excluding steroid dienone is 1. The lowest BCUT2D eigenvalue weighted by atomic mass is 9.95. The normalized spacial score (nSPS) is 15.5. The number of rotatable bonds is 9. The zero-order chi connectivity index (χ0) is 30.8. The summed E-state index contributed by atoms with van der Waals surface area (Å²) in [5.74, 6) is 1.72. The number of halogens is 1. The number of thiazole rings is 1. The molecule has 0 radical (unpaired) electrons. The van der Waals surface area contributed by atoms with Crippen LogP contribution in [0.4, 0.5) is 0 Å². The number of hydrogen-bond acceptors (Lipinski definition) is 9. The van der Waals surface area contributed by atoms with Crippen molar-refractivity contribution in [3.05, 3.63) is 113 Å². The van der Waals surface area contributed by atoms with Gasteiger partial charge in [-0.15, -0.1) is 0 Å². The lowest BCUT2D eigenvalue weighted by Crippen LogP contribution is -2.39. The summed E-state index contributed by atoms with van der Waals surface area (Å²) in [7, 11) is 0. The van der Waals surface area contributed by atoms with E-state index < -0.39 is 12.0 Å². The molecule has 0 saturated heterocycles. The molecule has 1 atom stereocenters. The van der Waals surface area contributed by atoms with Crippen molar-refractivity contribution in [2.75, 3.05) is 20.0 Å². The van der Waals surface area contributed by atoms with Crippen molar-refractivity contribution in [2.45, 2.75) is 33.4 Å². The fourth-order valence-corrected chi connectivity index (χ4v) is 6.35. The maximum Gasteiger partial charge on any atom is 0.338 e. The van der Waals surface area contributed by atoms with Gasteiger partial charge in [0, 0.05) is 10.6 Å². The molecule has 0 aliphatic carbocycles. The molecule has 3 aromatic carbocycles. The Kier molecular flexibility index (Phi) is 8.45. The van der Waals surface area contributed by atoms with Gasteiger partial charge in [0.1, 0.15) is 6.61 Å². The minimum atomic E-state index is -0.762. The number of carbonyl (C=O) groups excluding carboxylic acids is 1. The Morgan fingerprint density at radius 2 is 1.86 bits per heavy atom. The molecule has 0 spiro atoms. The molecule has 0 N–H and O–H groups in total. The minimum absolute atomic E-state index is 0.106. The summed E-state index contributed by atoms with van der Waals surface area (Å²) in [6.07, 6.45) is 1.78. The predicted molar refractivity (Wildman–Crippen MR) is 166 cm³/mol. The number of aromatic nitrogens is 1. The van der Waals surface area contributed by atoms with E-state index in [2.05, 4.69) is 4.99 Å². The van der Waals surface area contributed by atoms with Gasteiger partial charge in [-0.1, -0.05) is 53.3 Å². The predicted octanol–water partition coefficient (Wildman–Crippen LogP) is 5.16. The van der Waals surface area contributed by atoms with E-state index in [1.807, 2.05) is 55.5 Å². The zero-order valence-electron chi connectivity index (χ0n) is 24.3. The van der Waals surface area contributed by atoms with E-state index in [-0.39, 0.29) is 25.6 Å². The van der Waals surface area contributed by atoms with Crippen molar-refractivity contribution in [1.82, 2.24) is 4.57 Å². The number of carbonyl (C=O) groups is 1. The molecule has 9 nitrogen and oxygen atoms in total. The summed E-state index contributed by atoms with van der Waals surface area (Å²) in [4.78, 5) is 32.3. The molecular weight excluding hydrogens is 604 g/mol. The first-order valence-electron chi connectivity index (χ1n) is 14.1. The molecule has 4 aromatic rings. The molecule has 1 aromatic heterocycles. The van der Waals surface area contributed by atoms with Gasteiger partial charge in [-0.2, -0.15) is 0 Å². The monoisotopic (exact) mass is 632 g/mol. The number of esters is 1. The first-order valence-corrected chi connectivity index (χ1v) is 15.3. The molecule has 3 heterocycles. The van der Waals surface area contributed by atoms with Gasteiger partial charge < -0.3 is 23.7 Å². The van der Waals surface area contributed by atoms with Crippen molar-refractivity contribution < 1.29 is 28.5 Å². The van der Waals surface area contributed by atoms with Crippen LogP contribution in [0.15, 0.2) is 81.7 Å². The number of benzene rings is 3. The maximum atomic E-state index is 14.0. The van der Waals surface area contributed by atoms with Crippen molar-refractivity contribution in [1.29, 1.82) is 0 Å². The highest BCUT2D eigenvalue weighted by Gasteiger charge is 2.34. The second-order valence-electron chi connectivity index (χ2n) is 9.93. The number of hydrogen-bond donors (Lipinski definition) is 0. The molecule has 0 bridgehead atoms. The molecule has 2 aliphatic rings. The molecule has 2 aliphatic heterocycles. The van der Waals surface area contributed by atoms with Crippen LogP contribution in [0.1, 0.15) is 43.5 Å². The smallest absolute Gasteiger partial charge is 0.338 e. The van der Waals surface area contributed by atoms with Crippen LogP contribution in [0.3, 0.4) is 0 Å². The Morgan fingerprint density at radius 3 is 2.66 bits per heavy atom. The summed E-state index contributed by atoms with van der Waals surface area (Å²) in [6, 6.07) is 17.6. The van der Waals surface area contributed by atoms with Crippen molar-refractivity contribution >= 4 is 35.0 Å². The van der Waals surface area contributed by atoms with Gasteiger partial charge in [-0.25, -0.2) is 9.79 Å². The molecular formula is C33H29ClN2O7S. The van der Waals surface area contributed by atoms with E-state index in [1.165, 1.54) is 15.9 Å². The van der Waals surface area contributed by atoms with Gasteiger partial charge in [0.05, 0.1) is 35.1 Å². The van der Waals surface area contributed by atoms with E-state index in [1.54, 1.807) is 32.1 Å². The topological polar surface area (TPSA) is 97.6 Å². The van der Waals surface area contributed by atoms with Crippen LogP contribution < -0.4 is 33.8 Å². The van der Waals surface area contributed by atoms with Crippen LogP contribution in [-0.4, -0.2) is 30.5 Å². The van der Waals surface area contributed by atoms with Crippen LogP contribution in [-0.2, 0) is 16.1 Å². The lowest BCUT2D eigenvalue weighted by molar-refractivity contribution is -0.139. The summed E-state index contributed by atoms with van der Waals surface area (Å²) in [5.41, 5.74) is 2.77. The maximum absolute atomic E-state index is 14.0. The standard InChI is InChI=1S/C33H29ClN2O7S/c1-4-39-26-14-20(10-12-24(26)41-17-22-8-6-7-9-23(22)34)15-28-31(37)36-30(21-11-13-25-27(16-21)43-18-42-25)29(32(38)40-5-2)19(3)35-33(36)44-28/h6-16,30H,4-5,17-18H2,1-3H3. The van der Waals surface area contributed by atoms with Crippen LogP contribution in [0.5, 0.6) is 23.0 Å². The molecule has 0 fully saturated rings. The quantitative estimate of drug-likeness (QED) is 0.235. The lowest BCUT2D eigenvalue weighted by Gasteiger charge is -2.24. The Labute approximate surface area is 262 Å². The number of ether oxygens (including phenoxy) is 5. The second kappa shape index (κ2) is 12.6. The minimum Gasteiger partial charge on any atom is -0.490 e. The number of nitrogens with zero attached hydrogens (tertiary/aromatic N) is 2. The van der Waals surface area contributed by atoms with Crippen molar-refractivity contribution in [3.8, 4) is 23.0 Å². The third-order valence-corrected chi connectivity index (χ3v) is 8.49. The van der Waals surface area contributed by atoms with Gasteiger partial charge in [-0.05, 0) is 68.3 Å². The second-order valence-corrected chi connectivity index (χ2v) is 11.4. The largest absolute Gasteiger partial charge is 0.490 e. The fourth-order valence-electron chi connectivity index (χ4n) is 5.11. The molecule has 6 rings (SSSR count). The third-order valence-electron chi connectivity index (χ3n) is 7.14. The Morgan fingerprint density at radius 1 is 1.05 bits per heavy atom. The number of fused-ring (bicyclic) bond motifs is 2. The Bertz CT molecular complexity index is 1960. The molecule has 226 valence electrons. The fraction of sp³-hybridized carbons (Fsp3) is 0.242. The van der Waals surface area contributed by atoms with Gasteiger partial charge >= 0.3 is 5.97 Å². The first-order chi connectivity index (χ1) is 21.4. The third kappa shape index (κ3) is 5.70. The summed E-state index contributed by atoms with van der Waals surface area (Å²) in [5, 5.41) is 0.623. The van der Waals surface area contributed by atoms with E-state index in [4.69, 9.17) is 35.3 Å². The van der Waals surface area contributed by atoms with E-state index in [9.17, 15) is 9.59 Å². The van der Waals surface area contributed by atoms with Gasteiger partial charge in [0.25, 0.3) is 5.56 Å². The highest BCUT2D eigenvalue weighted by molar-refractivity contribution is 7.07. The van der Waals surface area contributed by atoms with E-state index >= 15 is 0 Å². The van der Waals surface area contributed by atoms with Crippen molar-refractivity contribution in [3.63, 3.8) is 0 Å². The van der Waals surface area contributed by atoms with Crippen LogP contribution in [0.2, 0.25) is 5.02 Å². The van der Waals surface area contributed by atoms with E-state index in [0.717, 1.165) is 11.1 Å². The van der Waals surface area contributed by atoms with Crippen LogP contribution in [0.25, 0.3) is 6.08 Å². The van der Waals surface area contributed by atoms with Crippen molar-refractivity contribution in [2.24, 2.45) is 4.99 Å². The summed E-state index contributed by atoms with van der Waals surface area (Å²) < 4.78 is 30.4. The van der Waals surface area contributed by atoms with E-state index in [0.29, 0.717) is 60.8 Å². The van der Waals surface area contributed by atoms with Gasteiger partial charge in [0.2, 0.25) is 6.79 Å². The Hall–Kier alpha value is -4.54. The molecule has 0 saturated carbocycles. The van der Waals surface area contributed by atoms with Gasteiger partial charge in [-0.3, -0.25) is 9.36 Å². The van der Waals surface area contributed by atoms with Crippen LogP contribution >= 0.6 is 22.9 Å². The SMILES string of the molecule is CCOC(=O)C1=C(C)N=c2sc(=Cc3ccc(OCc4ccccc4Cl)c(OCC)c3)c(=O)n2C1c1ccc2c(c1)OCO2. The Balaban J connectivity index is 1.40. The molecule has 0 amide bonds. The average molecular weight is 633 g/mol. The zero-order valence-corrected chi connectivity index (χ0v) is 25.9. The molecule has 1 unspecified atom stereocenters. The highest BCUT2D eigenvalue weighted by atomic mass is 35.5.